The fraction of sp³-hybridized carbons (Fsp3) is 0.125. The molecule has 2 atom stereocenters. The number of pyridine rings is 1. The number of carboxylic acids is 1. The number of furan rings is 2. The van der Waals surface area contributed by atoms with Crippen molar-refractivity contribution in [2.75, 3.05) is 0 Å². The molecular weight excluding hydrogens is 426 g/mol. The molecule has 1 aliphatic rings. The lowest BCUT2D eigenvalue weighted by atomic mass is 10.0. The van der Waals surface area contributed by atoms with Crippen LogP contribution in [0, 0.1) is 0 Å². The molecular formula is C24H19N3O4S. The highest BCUT2D eigenvalue weighted by Gasteiger charge is 2.42. The molecule has 32 heavy (non-hydrogen) atoms. The molecule has 1 aromatic carbocycles. The molecule has 4 aromatic rings. The van der Waals surface area contributed by atoms with Crippen LogP contribution in [0.4, 0.5) is 0 Å². The minimum absolute atomic E-state index is 0.183. The zero-order valence-electron chi connectivity index (χ0n) is 16.8. The van der Waals surface area contributed by atoms with Crippen LogP contribution >= 0.6 is 12.2 Å². The first kappa shape index (κ1) is 20.0. The first-order valence-corrected chi connectivity index (χ1v) is 10.5. The molecule has 1 saturated heterocycles. The largest absolute Gasteiger partial charge is 0.478 e. The quantitative estimate of drug-likeness (QED) is 0.409. The molecule has 0 amide bonds. The number of hydrogen-bond acceptors (Lipinski definition) is 5. The number of aromatic carboxylic acids is 1. The molecule has 2 N–H and O–H groups in total. The van der Waals surface area contributed by atoms with Crippen LogP contribution in [0.5, 0.6) is 0 Å². The summed E-state index contributed by atoms with van der Waals surface area (Å²) in [5, 5.41) is 13.5. The van der Waals surface area contributed by atoms with Crippen molar-refractivity contribution in [2.24, 2.45) is 0 Å². The predicted octanol–water partition coefficient (Wildman–Crippen LogP) is 4.81. The monoisotopic (exact) mass is 445 g/mol. The van der Waals surface area contributed by atoms with Crippen LogP contribution in [0.2, 0.25) is 0 Å². The van der Waals surface area contributed by atoms with Gasteiger partial charge in [0, 0.05) is 11.8 Å². The Morgan fingerprint density at radius 1 is 1.09 bits per heavy atom. The Bertz CT molecular complexity index is 1250. The fourth-order valence-corrected chi connectivity index (χ4v) is 4.30. The highest BCUT2D eigenvalue weighted by molar-refractivity contribution is 7.80. The van der Waals surface area contributed by atoms with Crippen LogP contribution in [0.15, 0.2) is 88.0 Å². The van der Waals surface area contributed by atoms with Crippen molar-refractivity contribution in [3.63, 3.8) is 0 Å². The Morgan fingerprint density at radius 2 is 1.94 bits per heavy atom. The molecule has 4 heterocycles. The SMILES string of the molecule is O=C(O)c1ccccc1-c1ccc([C@@H]2[C@H](c3ccccn3)NC(=S)N2Cc2ccco2)o1. The lowest BCUT2D eigenvalue weighted by molar-refractivity contribution is 0.0697. The number of carbonyl (C=O) groups is 1. The van der Waals surface area contributed by atoms with E-state index in [4.69, 9.17) is 21.1 Å². The number of carboxylic acid groups (broad SMARTS) is 1. The predicted molar refractivity (Wildman–Crippen MR) is 121 cm³/mol. The second-order valence-electron chi connectivity index (χ2n) is 7.39. The third-order valence-electron chi connectivity index (χ3n) is 5.45. The van der Waals surface area contributed by atoms with Crippen LogP contribution in [0.1, 0.15) is 39.7 Å². The second-order valence-corrected chi connectivity index (χ2v) is 7.77. The molecule has 0 aliphatic carbocycles. The Kier molecular flexibility index (Phi) is 5.20. The Balaban J connectivity index is 1.56. The molecule has 7 nitrogen and oxygen atoms in total. The molecule has 0 unspecified atom stereocenters. The highest BCUT2D eigenvalue weighted by Crippen LogP contribution is 2.41. The van der Waals surface area contributed by atoms with Gasteiger partial charge in [0.25, 0.3) is 0 Å². The van der Waals surface area contributed by atoms with Gasteiger partial charge in [-0.05, 0) is 54.7 Å². The van der Waals surface area contributed by atoms with E-state index in [9.17, 15) is 9.90 Å². The van der Waals surface area contributed by atoms with E-state index in [1.807, 2.05) is 41.3 Å². The van der Waals surface area contributed by atoms with Gasteiger partial charge in [-0.15, -0.1) is 0 Å². The Labute approximate surface area is 189 Å². The van der Waals surface area contributed by atoms with Crippen molar-refractivity contribution in [3.05, 3.63) is 102 Å². The van der Waals surface area contributed by atoms with Gasteiger partial charge in [0.05, 0.1) is 30.1 Å². The van der Waals surface area contributed by atoms with Gasteiger partial charge in [0.1, 0.15) is 23.3 Å². The van der Waals surface area contributed by atoms with E-state index < -0.39 is 5.97 Å². The zero-order chi connectivity index (χ0) is 22.1. The molecule has 3 aromatic heterocycles. The molecule has 8 heteroatoms. The number of aromatic nitrogens is 1. The molecule has 0 spiro atoms. The van der Waals surface area contributed by atoms with E-state index in [1.54, 1.807) is 42.8 Å². The maximum absolute atomic E-state index is 11.7. The minimum atomic E-state index is -1.01. The van der Waals surface area contributed by atoms with E-state index >= 15 is 0 Å². The van der Waals surface area contributed by atoms with Gasteiger partial charge in [-0.2, -0.15) is 0 Å². The Hall–Kier alpha value is -3.91. The van der Waals surface area contributed by atoms with Crippen molar-refractivity contribution in [3.8, 4) is 11.3 Å². The van der Waals surface area contributed by atoms with Crippen molar-refractivity contribution >= 4 is 23.3 Å². The van der Waals surface area contributed by atoms with Gasteiger partial charge in [0.15, 0.2) is 5.11 Å². The van der Waals surface area contributed by atoms with E-state index in [2.05, 4.69) is 10.3 Å². The van der Waals surface area contributed by atoms with Crippen molar-refractivity contribution < 1.29 is 18.7 Å². The van der Waals surface area contributed by atoms with E-state index in [-0.39, 0.29) is 17.6 Å². The summed E-state index contributed by atoms with van der Waals surface area (Å²) >= 11 is 5.65. The summed E-state index contributed by atoms with van der Waals surface area (Å²) in [6.07, 6.45) is 3.37. The zero-order valence-corrected chi connectivity index (χ0v) is 17.7. The number of benzene rings is 1. The molecule has 0 bridgehead atoms. The van der Waals surface area contributed by atoms with Gasteiger partial charge < -0.3 is 24.2 Å². The summed E-state index contributed by atoms with van der Waals surface area (Å²) in [5.41, 5.74) is 1.53. The van der Waals surface area contributed by atoms with Crippen LogP contribution < -0.4 is 5.32 Å². The summed E-state index contributed by atoms with van der Waals surface area (Å²) in [6.45, 7) is 0.453. The number of rotatable bonds is 6. The first-order valence-electron chi connectivity index (χ1n) is 10.0. The third-order valence-corrected chi connectivity index (χ3v) is 5.80. The number of nitrogens with one attached hydrogen (secondary N) is 1. The molecule has 5 rings (SSSR count). The van der Waals surface area contributed by atoms with Crippen molar-refractivity contribution in [2.45, 2.75) is 18.6 Å². The molecule has 1 aliphatic heterocycles. The summed E-state index contributed by atoms with van der Waals surface area (Å²) in [4.78, 5) is 18.2. The lowest BCUT2D eigenvalue weighted by Gasteiger charge is -2.25. The maximum atomic E-state index is 11.7. The summed E-state index contributed by atoms with van der Waals surface area (Å²) < 4.78 is 11.8. The lowest BCUT2D eigenvalue weighted by Crippen LogP contribution is -2.28. The maximum Gasteiger partial charge on any atom is 0.336 e. The minimum Gasteiger partial charge on any atom is -0.478 e. The Morgan fingerprint density at radius 3 is 2.69 bits per heavy atom. The standard InChI is InChI=1S/C24H19N3O4S/c28-23(29)17-8-2-1-7-16(17)19-10-11-20(31-19)22-21(18-9-3-4-12-25-18)26-24(32)27(22)14-15-6-5-13-30-15/h1-13,21-22H,14H2,(H,26,32)(H,28,29)/t21-,22+/m0/s1. The first-order chi connectivity index (χ1) is 15.6. The number of thiocarbonyl (C=S) groups is 1. The van der Waals surface area contributed by atoms with Crippen molar-refractivity contribution in [1.82, 2.24) is 15.2 Å². The van der Waals surface area contributed by atoms with E-state index in [0.29, 0.717) is 28.7 Å². The van der Waals surface area contributed by atoms with Crippen LogP contribution in [0.3, 0.4) is 0 Å². The smallest absolute Gasteiger partial charge is 0.336 e. The molecule has 0 saturated carbocycles. The van der Waals surface area contributed by atoms with Gasteiger partial charge >= 0.3 is 5.97 Å². The average molecular weight is 446 g/mol. The second kappa shape index (κ2) is 8.32. The summed E-state index contributed by atoms with van der Waals surface area (Å²) in [5.74, 6) is 0.889. The highest BCUT2D eigenvalue weighted by atomic mass is 32.1. The van der Waals surface area contributed by atoms with E-state index in [1.165, 1.54) is 0 Å². The van der Waals surface area contributed by atoms with Crippen molar-refractivity contribution in [1.29, 1.82) is 0 Å². The van der Waals surface area contributed by atoms with Gasteiger partial charge in [-0.25, -0.2) is 4.79 Å². The fourth-order valence-electron chi connectivity index (χ4n) is 4.00. The van der Waals surface area contributed by atoms with Gasteiger partial charge in [-0.3, -0.25) is 4.98 Å². The third kappa shape index (κ3) is 3.65. The van der Waals surface area contributed by atoms with Gasteiger partial charge in [0.2, 0.25) is 0 Å². The number of hydrogen-bond donors (Lipinski definition) is 2. The van der Waals surface area contributed by atoms with E-state index in [0.717, 1.165) is 11.5 Å². The summed E-state index contributed by atoms with van der Waals surface area (Å²) in [6, 6.07) is 19.3. The average Bonchev–Trinajstić information content (AvgIpc) is 3.56. The topological polar surface area (TPSA) is 91.7 Å². The molecule has 0 radical (unpaired) electrons. The summed E-state index contributed by atoms with van der Waals surface area (Å²) in [7, 11) is 0. The normalized spacial score (nSPS) is 18.0. The molecule has 1 fully saturated rings. The number of nitrogens with zero attached hydrogens (tertiary/aromatic N) is 2. The van der Waals surface area contributed by atoms with Gasteiger partial charge in [-0.1, -0.05) is 24.3 Å². The van der Waals surface area contributed by atoms with Crippen LogP contribution in [-0.4, -0.2) is 26.1 Å². The van der Waals surface area contributed by atoms with Crippen LogP contribution in [0.25, 0.3) is 11.3 Å². The molecule has 160 valence electrons. The van der Waals surface area contributed by atoms with Crippen LogP contribution in [-0.2, 0) is 6.54 Å².